The molecule has 4 rings (SSSR count). The van der Waals surface area contributed by atoms with E-state index in [0.29, 0.717) is 19.0 Å². The second-order valence-electron chi connectivity index (χ2n) is 8.16. The molecule has 0 aliphatic rings. The Morgan fingerprint density at radius 3 is 2.66 bits per heavy atom. The van der Waals surface area contributed by atoms with Gasteiger partial charge in [-0.1, -0.05) is 23.2 Å². The number of anilines is 1. The third-order valence-electron chi connectivity index (χ3n) is 5.50. The molecular formula is C23H23Cl2N7O5S. The van der Waals surface area contributed by atoms with Crippen LogP contribution in [0.15, 0.2) is 59.9 Å². The van der Waals surface area contributed by atoms with Crippen molar-refractivity contribution in [2.75, 3.05) is 18.4 Å². The summed E-state index contributed by atoms with van der Waals surface area (Å²) >= 11 is 11.7. The summed E-state index contributed by atoms with van der Waals surface area (Å²) in [4.78, 5) is 31.2. The number of amides is 1. The second-order valence-corrected chi connectivity index (χ2v) is 10.7. The first-order valence-electron chi connectivity index (χ1n) is 11.3. The van der Waals surface area contributed by atoms with Crippen molar-refractivity contribution in [3.05, 3.63) is 70.6 Å². The molecule has 0 spiro atoms. The molecule has 0 aliphatic heterocycles. The molecule has 200 valence electrons. The number of H-pyrrole nitrogens is 1. The molecule has 0 bridgehead atoms. The van der Waals surface area contributed by atoms with Crippen LogP contribution in [0.3, 0.4) is 0 Å². The van der Waals surface area contributed by atoms with Crippen LogP contribution in [0.2, 0.25) is 10.0 Å². The first kappa shape index (κ1) is 27.4. The largest absolute Gasteiger partial charge is 0.480 e. The van der Waals surface area contributed by atoms with Gasteiger partial charge in [-0.3, -0.25) is 14.3 Å². The third kappa shape index (κ3) is 6.61. The number of carboxylic acids is 1. The molecule has 2 aromatic carbocycles. The lowest BCUT2D eigenvalue weighted by Gasteiger charge is -2.16. The molecule has 0 saturated heterocycles. The molecule has 1 amide bonds. The van der Waals surface area contributed by atoms with Crippen LogP contribution in [0.4, 0.5) is 5.95 Å². The number of nitrogens with zero attached hydrogens (tertiary/aromatic N) is 3. The minimum absolute atomic E-state index is 0.000945. The first-order valence-corrected chi connectivity index (χ1v) is 13.5. The molecule has 0 radical (unpaired) electrons. The van der Waals surface area contributed by atoms with Crippen LogP contribution in [0.25, 0.3) is 10.9 Å². The Morgan fingerprint density at radius 2 is 1.95 bits per heavy atom. The van der Waals surface area contributed by atoms with Gasteiger partial charge in [-0.15, -0.1) is 0 Å². The van der Waals surface area contributed by atoms with Crippen molar-refractivity contribution >= 4 is 62.0 Å². The zero-order valence-corrected chi connectivity index (χ0v) is 22.0. The van der Waals surface area contributed by atoms with E-state index in [1.807, 2.05) is 4.68 Å². The van der Waals surface area contributed by atoms with E-state index in [1.165, 1.54) is 12.1 Å². The molecule has 2 aromatic heterocycles. The van der Waals surface area contributed by atoms with Crippen LogP contribution in [0.1, 0.15) is 16.8 Å². The summed E-state index contributed by atoms with van der Waals surface area (Å²) in [7, 11) is -4.25. The first-order chi connectivity index (χ1) is 18.1. The van der Waals surface area contributed by atoms with Crippen molar-refractivity contribution in [2.24, 2.45) is 0 Å². The number of hydrogen-bond donors (Lipinski definition) is 5. The van der Waals surface area contributed by atoms with E-state index < -0.39 is 34.5 Å². The van der Waals surface area contributed by atoms with Gasteiger partial charge in [-0.25, -0.2) is 13.4 Å². The van der Waals surface area contributed by atoms with E-state index in [9.17, 15) is 23.1 Å². The summed E-state index contributed by atoms with van der Waals surface area (Å²) in [6.45, 7) is 0.839. The van der Waals surface area contributed by atoms with Gasteiger partial charge in [0.05, 0.1) is 26.7 Å². The molecule has 0 saturated carbocycles. The summed E-state index contributed by atoms with van der Waals surface area (Å²) in [5.74, 6) is -1.34. The standard InChI is InChI=1S/C23H23Cl2N7O5S/c24-17-4-3-16(11-18(17)25)38(36,37)31-19(22(34)35)13-29-21(33)14-2-5-20-15(10-14)12-30-32(20)9-1-6-26-23-27-7-8-28-23/h2-5,7-8,10-12,19,31H,1,6,9,13H2,(H,29,33)(H,34,35)(H2,26,27,28)/t19-/m0/s1. The van der Waals surface area contributed by atoms with Crippen LogP contribution in [-0.2, 0) is 21.4 Å². The van der Waals surface area contributed by atoms with E-state index in [4.69, 9.17) is 23.2 Å². The number of sulfonamides is 1. The number of benzene rings is 2. The summed E-state index contributed by atoms with van der Waals surface area (Å²) in [6.07, 6.45) is 5.82. The van der Waals surface area contributed by atoms with Crippen molar-refractivity contribution in [3.8, 4) is 0 Å². The molecule has 0 unspecified atom stereocenters. The van der Waals surface area contributed by atoms with Gasteiger partial charge in [0.2, 0.25) is 10.0 Å². The zero-order valence-electron chi connectivity index (χ0n) is 19.7. The van der Waals surface area contributed by atoms with E-state index >= 15 is 0 Å². The normalized spacial score (nSPS) is 12.4. The van der Waals surface area contributed by atoms with Gasteiger partial charge in [0.15, 0.2) is 5.95 Å². The van der Waals surface area contributed by atoms with Gasteiger partial charge in [0.25, 0.3) is 5.91 Å². The lowest BCUT2D eigenvalue weighted by molar-refractivity contribution is -0.138. The van der Waals surface area contributed by atoms with Crippen molar-refractivity contribution < 1.29 is 23.1 Å². The van der Waals surface area contributed by atoms with Gasteiger partial charge in [-0.2, -0.15) is 9.82 Å². The Balaban J connectivity index is 1.36. The second kappa shape index (κ2) is 11.8. The predicted molar refractivity (Wildman–Crippen MR) is 142 cm³/mol. The number of carbonyl (C=O) groups is 2. The number of carbonyl (C=O) groups excluding carboxylic acids is 1. The van der Waals surface area contributed by atoms with E-state index in [1.54, 1.807) is 36.8 Å². The molecule has 15 heteroatoms. The van der Waals surface area contributed by atoms with Crippen LogP contribution >= 0.6 is 23.2 Å². The highest BCUT2D eigenvalue weighted by Crippen LogP contribution is 2.25. The number of aromatic nitrogens is 4. The quantitative estimate of drug-likeness (QED) is 0.159. The van der Waals surface area contributed by atoms with Crippen LogP contribution in [0, 0.1) is 0 Å². The average Bonchev–Trinajstić information content (AvgIpc) is 3.55. The number of nitrogens with one attached hydrogen (secondary N) is 4. The number of fused-ring (bicyclic) bond motifs is 1. The number of aliphatic carboxylic acids is 1. The average molecular weight is 580 g/mol. The maximum atomic E-state index is 12.7. The Hall–Kier alpha value is -3.65. The monoisotopic (exact) mass is 579 g/mol. The van der Waals surface area contributed by atoms with Gasteiger partial charge < -0.3 is 20.7 Å². The number of carboxylic acid groups (broad SMARTS) is 1. The minimum Gasteiger partial charge on any atom is -0.480 e. The molecule has 5 N–H and O–H groups in total. The molecule has 0 aliphatic carbocycles. The molecule has 0 fully saturated rings. The highest BCUT2D eigenvalue weighted by atomic mass is 35.5. The number of aromatic amines is 1. The number of halogens is 2. The summed E-state index contributed by atoms with van der Waals surface area (Å²) in [5.41, 5.74) is 1.10. The Bertz CT molecular complexity index is 1560. The van der Waals surface area contributed by atoms with E-state index in [2.05, 4.69) is 30.4 Å². The topological polar surface area (TPSA) is 171 Å². The molecule has 2 heterocycles. The molecular weight excluding hydrogens is 557 g/mol. The van der Waals surface area contributed by atoms with Crippen LogP contribution in [-0.4, -0.2) is 64.3 Å². The van der Waals surface area contributed by atoms with E-state index in [0.717, 1.165) is 23.4 Å². The fourth-order valence-electron chi connectivity index (χ4n) is 3.58. The molecule has 38 heavy (non-hydrogen) atoms. The van der Waals surface area contributed by atoms with Crippen molar-refractivity contribution in [1.82, 2.24) is 29.8 Å². The van der Waals surface area contributed by atoms with Crippen LogP contribution in [0.5, 0.6) is 0 Å². The zero-order chi connectivity index (χ0) is 27.3. The highest BCUT2D eigenvalue weighted by Gasteiger charge is 2.26. The highest BCUT2D eigenvalue weighted by molar-refractivity contribution is 7.89. The molecule has 12 nitrogen and oxygen atoms in total. The van der Waals surface area contributed by atoms with Crippen molar-refractivity contribution in [3.63, 3.8) is 0 Å². The molecule has 4 aromatic rings. The summed E-state index contributed by atoms with van der Waals surface area (Å²) in [6, 6.07) is 6.93. The van der Waals surface area contributed by atoms with Gasteiger partial charge in [0.1, 0.15) is 6.04 Å². The number of aryl methyl sites for hydroxylation is 1. The van der Waals surface area contributed by atoms with Gasteiger partial charge in [0, 0.05) is 43.0 Å². The van der Waals surface area contributed by atoms with Gasteiger partial charge in [-0.05, 0) is 42.8 Å². The SMILES string of the molecule is O=C(NC[C@H](NS(=O)(=O)c1ccc(Cl)c(Cl)c1)C(=O)O)c1ccc2c(cnn2CCCNc2ncc[nH]2)c1. The summed E-state index contributed by atoms with van der Waals surface area (Å²) < 4.78 is 29.1. The number of imidazole rings is 1. The smallest absolute Gasteiger partial charge is 0.323 e. The van der Waals surface area contributed by atoms with Crippen molar-refractivity contribution in [1.29, 1.82) is 0 Å². The molecule has 1 atom stereocenters. The fourth-order valence-corrected chi connectivity index (χ4v) is 5.16. The lowest BCUT2D eigenvalue weighted by Crippen LogP contribution is -2.48. The maximum absolute atomic E-state index is 12.7. The minimum atomic E-state index is -4.25. The van der Waals surface area contributed by atoms with Crippen LogP contribution < -0.4 is 15.4 Å². The number of rotatable bonds is 12. The van der Waals surface area contributed by atoms with Crippen molar-refractivity contribution in [2.45, 2.75) is 23.9 Å². The Kier molecular flexibility index (Phi) is 8.52. The third-order valence-corrected chi connectivity index (χ3v) is 7.71. The maximum Gasteiger partial charge on any atom is 0.323 e. The lowest BCUT2D eigenvalue weighted by atomic mass is 10.1. The predicted octanol–water partition coefficient (Wildman–Crippen LogP) is 2.73. The summed E-state index contributed by atoms with van der Waals surface area (Å²) in [5, 5.41) is 20.4. The Labute approximate surface area is 227 Å². The Morgan fingerprint density at radius 1 is 1.13 bits per heavy atom. The van der Waals surface area contributed by atoms with E-state index in [-0.39, 0.29) is 20.5 Å². The van der Waals surface area contributed by atoms with Gasteiger partial charge >= 0.3 is 5.97 Å². The number of hydrogen-bond acceptors (Lipinski definition) is 7. The fraction of sp³-hybridized carbons (Fsp3) is 0.217.